The lowest BCUT2D eigenvalue weighted by Gasteiger charge is -2.20. The van der Waals surface area contributed by atoms with Gasteiger partial charge in [-0.2, -0.15) is 0 Å². The summed E-state index contributed by atoms with van der Waals surface area (Å²) in [6.07, 6.45) is 19.7. The van der Waals surface area contributed by atoms with Gasteiger partial charge in [0.15, 0.2) is 11.9 Å². The highest BCUT2D eigenvalue weighted by atomic mass is 31.2. The minimum Gasteiger partial charge on any atom is -0.462 e. The Bertz CT molecular complexity index is 1280. The van der Waals surface area contributed by atoms with Gasteiger partial charge >= 0.3 is 27.6 Å². The summed E-state index contributed by atoms with van der Waals surface area (Å²) in [5.74, 6) is -0.840. The smallest absolute Gasteiger partial charge is 0.462 e. The number of hydrogen-bond donors (Lipinski definition) is 5. The van der Waals surface area contributed by atoms with Gasteiger partial charge in [-0.25, -0.2) is 9.13 Å². The van der Waals surface area contributed by atoms with Gasteiger partial charge in [0, 0.05) is 18.8 Å². The Balaban J connectivity index is 2.57. The molecule has 0 aromatic carbocycles. The zero-order valence-electron chi connectivity index (χ0n) is 32.8. The molecule has 55 heavy (non-hydrogen) atoms. The topological polar surface area (TPSA) is 233 Å². The predicted molar refractivity (Wildman–Crippen MR) is 206 cm³/mol. The number of ether oxygens (including phenoxy) is 2. The molecule has 0 amide bonds. The highest BCUT2D eigenvalue weighted by molar-refractivity contribution is 7.47. The number of carbonyl (C=O) groups excluding carboxylic acids is 3. The van der Waals surface area contributed by atoms with Crippen LogP contribution in [0.3, 0.4) is 0 Å². The van der Waals surface area contributed by atoms with Crippen LogP contribution in [0.25, 0.3) is 0 Å². The lowest BCUT2D eigenvalue weighted by molar-refractivity contribution is -0.161. The van der Waals surface area contributed by atoms with E-state index in [1.54, 1.807) is 18.2 Å². The van der Waals surface area contributed by atoms with E-state index < -0.39 is 72.3 Å². The standard InChI is InChI=1S/C38H66O15P2/c1-4-5-12-19-32(39)23-24-35-31(22-25-36(35)41)18-14-10-11-15-20-37(42)49-28-34(53-38(43)21-16-9-7-6-8-13-17-30(2)3)29-52-55(47,48)51-27-33(40)26-50-54(44,45)46/h10,14,22-25,30-35,39-40H,4-9,11-13,15-21,26-29H2,1-3H3,(H,47,48)(H2,44,45,46)/b14-10-,24-23+/t31-,32-,33-,34+,35+/m0/s1. The van der Waals surface area contributed by atoms with Crippen LogP contribution in [0.15, 0.2) is 36.5 Å². The van der Waals surface area contributed by atoms with Gasteiger partial charge < -0.3 is 34.4 Å². The maximum absolute atomic E-state index is 12.6. The molecule has 0 fully saturated rings. The van der Waals surface area contributed by atoms with Gasteiger partial charge in [0.1, 0.15) is 12.7 Å². The number of esters is 2. The summed E-state index contributed by atoms with van der Waals surface area (Å²) < 4.78 is 47.5. The molecule has 5 N–H and O–H groups in total. The van der Waals surface area contributed by atoms with E-state index in [4.69, 9.17) is 23.8 Å². The number of hydrogen-bond acceptors (Lipinski definition) is 12. The second-order valence-electron chi connectivity index (χ2n) is 14.3. The number of aliphatic hydroxyl groups is 2. The van der Waals surface area contributed by atoms with E-state index in [0.717, 1.165) is 44.9 Å². The molecular weight excluding hydrogens is 758 g/mol. The average molecular weight is 825 g/mol. The predicted octanol–water partition coefficient (Wildman–Crippen LogP) is 6.81. The highest BCUT2D eigenvalue weighted by Crippen LogP contribution is 2.44. The zero-order chi connectivity index (χ0) is 41.1. The third kappa shape index (κ3) is 28.1. The lowest BCUT2D eigenvalue weighted by Crippen LogP contribution is -2.30. The minimum absolute atomic E-state index is 0.00901. The minimum atomic E-state index is -4.88. The van der Waals surface area contributed by atoms with Gasteiger partial charge in [-0.3, -0.25) is 28.0 Å². The van der Waals surface area contributed by atoms with Crippen LogP contribution in [-0.2, 0) is 46.6 Å². The third-order valence-corrected chi connectivity index (χ3v) is 10.1. The molecule has 0 bridgehead atoms. The number of rotatable bonds is 33. The normalized spacial score (nSPS) is 19.0. The van der Waals surface area contributed by atoms with Crippen molar-refractivity contribution in [1.29, 1.82) is 0 Å². The second kappa shape index (κ2) is 29.2. The summed E-state index contributed by atoms with van der Waals surface area (Å²) >= 11 is 0. The van der Waals surface area contributed by atoms with Crippen LogP contribution in [0.1, 0.15) is 124 Å². The number of aliphatic hydroxyl groups excluding tert-OH is 2. The average Bonchev–Trinajstić information content (AvgIpc) is 3.47. The highest BCUT2D eigenvalue weighted by Gasteiger charge is 2.29. The van der Waals surface area contributed by atoms with Gasteiger partial charge in [-0.15, -0.1) is 0 Å². The van der Waals surface area contributed by atoms with E-state index in [1.807, 2.05) is 18.2 Å². The largest absolute Gasteiger partial charge is 0.472 e. The fourth-order valence-corrected chi connectivity index (χ4v) is 6.74. The summed E-state index contributed by atoms with van der Waals surface area (Å²) in [7, 11) is -9.73. The SMILES string of the molecule is CCCCC[C@H](O)/C=C/[C@H]1C(=O)C=C[C@@H]1C/C=C\CCCC(=O)OC[C@H](COP(=O)(O)OC[C@@H](O)COP(=O)(O)O)OC(=O)CCCCCCCCC(C)C. The summed E-state index contributed by atoms with van der Waals surface area (Å²) in [5, 5.41) is 19.9. The van der Waals surface area contributed by atoms with E-state index in [9.17, 15) is 38.6 Å². The van der Waals surface area contributed by atoms with Crippen LogP contribution in [0.4, 0.5) is 0 Å². The van der Waals surface area contributed by atoms with E-state index >= 15 is 0 Å². The molecule has 6 atom stereocenters. The van der Waals surface area contributed by atoms with E-state index in [1.165, 1.54) is 12.8 Å². The number of phosphoric acid groups is 2. The Morgan fingerprint density at radius 2 is 1.44 bits per heavy atom. The molecule has 1 unspecified atom stereocenters. The molecule has 0 aliphatic heterocycles. The number of ketones is 1. The lowest BCUT2D eigenvalue weighted by atomic mass is 9.90. The van der Waals surface area contributed by atoms with Gasteiger partial charge in [-0.1, -0.05) is 109 Å². The van der Waals surface area contributed by atoms with Crippen LogP contribution >= 0.6 is 15.6 Å². The van der Waals surface area contributed by atoms with Gasteiger partial charge in [0.25, 0.3) is 0 Å². The Morgan fingerprint density at radius 3 is 2.13 bits per heavy atom. The fraction of sp³-hybridized carbons (Fsp3) is 0.763. The number of unbranched alkanes of at least 4 members (excludes halogenated alkanes) is 8. The Morgan fingerprint density at radius 1 is 0.800 bits per heavy atom. The third-order valence-electron chi connectivity index (χ3n) is 8.70. The number of allylic oxidation sites excluding steroid dienone is 5. The number of carbonyl (C=O) groups is 3. The van der Waals surface area contributed by atoms with E-state index in [0.29, 0.717) is 38.0 Å². The van der Waals surface area contributed by atoms with Gasteiger partial charge in [-0.05, 0) is 50.0 Å². The summed E-state index contributed by atoms with van der Waals surface area (Å²) in [4.78, 5) is 64.9. The fourth-order valence-electron chi connectivity index (χ4n) is 5.58. The van der Waals surface area contributed by atoms with Crippen molar-refractivity contribution in [3.63, 3.8) is 0 Å². The molecule has 1 aliphatic carbocycles. The van der Waals surface area contributed by atoms with Crippen molar-refractivity contribution in [2.45, 2.75) is 142 Å². The summed E-state index contributed by atoms with van der Waals surface area (Å²) in [6.45, 7) is 3.59. The Kier molecular flexibility index (Phi) is 27.1. The molecule has 15 nitrogen and oxygen atoms in total. The molecule has 0 saturated carbocycles. The van der Waals surface area contributed by atoms with Crippen molar-refractivity contribution in [1.82, 2.24) is 0 Å². The molecular formula is C38H66O15P2. The van der Waals surface area contributed by atoms with Gasteiger partial charge in [0.2, 0.25) is 0 Å². The second-order valence-corrected chi connectivity index (χ2v) is 17.0. The monoisotopic (exact) mass is 824 g/mol. The maximum atomic E-state index is 12.6. The summed E-state index contributed by atoms with van der Waals surface area (Å²) in [5.41, 5.74) is 0. The Labute approximate surface area is 326 Å². The molecule has 0 spiro atoms. The molecule has 0 aromatic heterocycles. The number of phosphoric ester groups is 2. The molecule has 1 rings (SSSR count). The van der Waals surface area contributed by atoms with Gasteiger partial charge in [0.05, 0.1) is 25.9 Å². The first kappa shape index (κ1) is 51.0. The van der Waals surface area contributed by atoms with Crippen LogP contribution < -0.4 is 0 Å². The van der Waals surface area contributed by atoms with Crippen LogP contribution in [-0.4, -0.2) is 87.4 Å². The van der Waals surface area contributed by atoms with Crippen LogP contribution in [0.5, 0.6) is 0 Å². The van der Waals surface area contributed by atoms with Crippen molar-refractivity contribution in [3.8, 4) is 0 Å². The van der Waals surface area contributed by atoms with Crippen molar-refractivity contribution in [2.24, 2.45) is 17.8 Å². The van der Waals surface area contributed by atoms with Crippen molar-refractivity contribution in [3.05, 3.63) is 36.5 Å². The zero-order valence-corrected chi connectivity index (χ0v) is 34.6. The van der Waals surface area contributed by atoms with Crippen molar-refractivity contribution in [2.75, 3.05) is 26.4 Å². The van der Waals surface area contributed by atoms with E-state index in [-0.39, 0.29) is 30.5 Å². The summed E-state index contributed by atoms with van der Waals surface area (Å²) in [6, 6.07) is 0. The maximum Gasteiger partial charge on any atom is 0.472 e. The Hall–Kier alpha value is -2.03. The first-order chi connectivity index (χ1) is 26.0. The molecule has 0 aromatic rings. The first-order valence-electron chi connectivity index (χ1n) is 19.6. The molecule has 0 radical (unpaired) electrons. The quantitative estimate of drug-likeness (QED) is 0.0198. The van der Waals surface area contributed by atoms with E-state index in [2.05, 4.69) is 29.8 Å². The molecule has 0 heterocycles. The van der Waals surface area contributed by atoms with Crippen LogP contribution in [0.2, 0.25) is 0 Å². The molecule has 0 saturated heterocycles. The molecule has 1 aliphatic rings. The molecule has 17 heteroatoms. The van der Waals surface area contributed by atoms with Crippen LogP contribution in [0, 0.1) is 17.8 Å². The van der Waals surface area contributed by atoms with Crippen molar-refractivity contribution >= 4 is 33.4 Å². The molecule has 318 valence electrons. The first-order valence-corrected chi connectivity index (χ1v) is 22.6. The van der Waals surface area contributed by atoms with Crippen molar-refractivity contribution < 1.29 is 71.5 Å².